The molecule has 0 aromatic heterocycles. The fraction of sp³-hybridized carbons (Fsp3) is 1.00. The van der Waals surface area contributed by atoms with E-state index in [1.165, 1.54) is 0 Å². The molecule has 0 N–H and O–H groups in total. The van der Waals surface area contributed by atoms with Gasteiger partial charge < -0.3 is 0 Å². The van der Waals surface area contributed by atoms with Crippen molar-refractivity contribution in [3.63, 3.8) is 0 Å². The zero-order valence-corrected chi connectivity index (χ0v) is 5.29. The first kappa shape index (κ1) is 6.54. The van der Waals surface area contributed by atoms with Crippen molar-refractivity contribution in [3.8, 4) is 0 Å². The van der Waals surface area contributed by atoms with Gasteiger partial charge in [0.2, 0.25) is 0 Å². The Balaban J connectivity index is 2.99. The van der Waals surface area contributed by atoms with Crippen molar-refractivity contribution in [1.82, 2.24) is 3.94 Å². The molecule has 38 valence electrons. The van der Waals surface area contributed by atoms with Gasteiger partial charge in [0.1, 0.15) is 0 Å². The quantitative estimate of drug-likeness (QED) is 0.488. The topological polar surface area (TPSA) is 3.24 Å². The summed E-state index contributed by atoms with van der Waals surface area (Å²) in [6.45, 7) is 3.81. The van der Waals surface area contributed by atoms with Crippen LogP contribution in [0.15, 0.2) is 0 Å². The minimum absolute atomic E-state index is 0.216. The Morgan fingerprint density at radius 1 is 1.33 bits per heavy atom. The minimum atomic E-state index is 0.216. The Morgan fingerprint density at radius 3 is 1.50 bits per heavy atom. The molecule has 0 aliphatic heterocycles. The first-order chi connectivity index (χ1) is 2.64. The molecule has 0 aliphatic carbocycles. The van der Waals surface area contributed by atoms with E-state index in [1.54, 1.807) is 0 Å². The first-order valence-electron chi connectivity index (χ1n) is 1.75. The summed E-state index contributed by atoms with van der Waals surface area (Å²) in [6.07, 6.45) is 0. The molecule has 0 aromatic carbocycles. The molecule has 0 bridgehead atoms. The molecule has 6 heavy (non-hydrogen) atoms. The summed E-state index contributed by atoms with van der Waals surface area (Å²) in [6, 6.07) is 0.216. The number of hydrogen-bond donors (Lipinski definition) is 0. The maximum absolute atomic E-state index is 5.21. The lowest BCUT2D eigenvalue weighted by atomic mass is 10.4. The van der Waals surface area contributed by atoms with Crippen LogP contribution in [0.5, 0.6) is 0 Å². The van der Waals surface area contributed by atoms with E-state index in [1.807, 2.05) is 13.8 Å². The Kier molecular flexibility index (Phi) is 2.91. The highest BCUT2D eigenvalue weighted by atomic mass is 35.5. The Labute approximate surface area is 48.1 Å². The predicted molar refractivity (Wildman–Crippen MR) is 28.7 cm³/mol. The van der Waals surface area contributed by atoms with Crippen LogP contribution in [0.1, 0.15) is 13.8 Å². The van der Waals surface area contributed by atoms with Crippen LogP contribution in [-0.4, -0.2) is 9.98 Å². The number of hydrogen-bond acceptors (Lipinski definition) is 1. The fourth-order valence-corrected chi connectivity index (χ4v) is 0. The van der Waals surface area contributed by atoms with Crippen molar-refractivity contribution in [2.45, 2.75) is 19.9 Å². The van der Waals surface area contributed by atoms with Crippen LogP contribution in [-0.2, 0) is 0 Å². The molecule has 3 heteroatoms. The molecular weight excluding hydrogens is 121 g/mol. The second-order valence-electron chi connectivity index (χ2n) is 1.35. The third-order valence-corrected chi connectivity index (χ3v) is 1.17. The molecule has 0 heterocycles. The predicted octanol–water partition coefficient (Wildman–Crippen LogP) is 2.00. The van der Waals surface area contributed by atoms with E-state index in [4.69, 9.17) is 23.6 Å². The molecule has 0 spiro atoms. The summed E-state index contributed by atoms with van der Waals surface area (Å²) in [5.41, 5.74) is 0. The van der Waals surface area contributed by atoms with E-state index >= 15 is 0 Å². The van der Waals surface area contributed by atoms with Gasteiger partial charge in [0.25, 0.3) is 0 Å². The molecule has 0 saturated carbocycles. The Morgan fingerprint density at radius 2 is 1.50 bits per heavy atom. The molecule has 0 amide bonds. The second kappa shape index (κ2) is 2.67. The van der Waals surface area contributed by atoms with Crippen LogP contribution in [0, 0.1) is 0 Å². The van der Waals surface area contributed by atoms with Crippen LogP contribution in [0.4, 0.5) is 0 Å². The molecule has 0 radical (unpaired) electrons. The average molecular weight is 128 g/mol. The van der Waals surface area contributed by atoms with Gasteiger partial charge in [0, 0.05) is 6.04 Å². The standard InChI is InChI=1S/C3H7Cl2N/c1-3(2)6(4)5/h3H,1-2H3. The normalized spacial score (nSPS) is 11.0. The van der Waals surface area contributed by atoms with E-state index in [9.17, 15) is 0 Å². The van der Waals surface area contributed by atoms with E-state index < -0.39 is 0 Å². The number of rotatable bonds is 1. The Bertz CT molecular complexity index is 29.8. The first-order valence-corrected chi connectivity index (χ1v) is 2.43. The summed E-state index contributed by atoms with van der Waals surface area (Å²) >= 11 is 10.4. The third-order valence-electron chi connectivity index (χ3n) is 0.390. The van der Waals surface area contributed by atoms with Crippen molar-refractivity contribution in [1.29, 1.82) is 0 Å². The highest BCUT2D eigenvalue weighted by Crippen LogP contribution is 2.03. The van der Waals surface area contributed by atoms with Gasteiger partial charge in [0.15, 0.2) is 0 Å². The minimum Gasteiger partial charge on any atom is -0.129 e. The molecule has 0 saturated heterocycles. The van der Waals surface area contributed by atoms with Crippen molar-refractivity contribution >= 4 is 23.6 Å². The second-order valence-corrected chi connectivity index (χ2v) is 2.25. The molecule has 0 rings (SSSR count). The molecule has 1 nitrogen and oxygen atoms in total. The van der Waals surface area contributed by atoms with Crippen LogP contribution in [0.25, 0.3) is 0 Å². The number of nitrogens with zero attached hydrogens (tertiary/aromatic N) is 1. The van der Waals surface area contributed by atoms with Crippen molar-refractivity contribution in [2.75, 3.05) is 0 Å². The molecule has 0 atom stereocenters. The fourth-order valence-electron chi connectivity index (χ4n) is 0. The largest absolute Gasteiger partial charge is 0.129 e. The third kappa shape index (κ3) is 2.76. The summed E-state index contributed by atoms with van der Waals surface area (Å²) in [7, 11) is 0. The lowest BCUT2D eigenvalue weighted by molar-refractivity contribution is 0.572. The highest BCUT2D eigenvalue weighted by Gasteiger charge is 1.96. The van der Waals surface area contributed by atoms with Crippen molar-refractivity contribution in [3.05, 3.63) is 0 Å². The molecular formula is C3H7Cl2N. The van der Waals surface area contributed by atoms with Gasteiger partial charge in [-0.2, -0.15) is 0 Å². The summed E-state index contributed by atoms with van der Waals surface area (Å²) in [5.74, 6) is 0. The lowest BCUT2D eigenvalue weighted by Crippen LogP contribution is -2.07. The zero-order chi connectivity index (χ0) is 5.15. The van der Waals surface area contributed by atoms with Crippen LogP contribution >= 0.6 is 23.6 Å². The molecule has 0 aliphatic rings. The van der Waals surface area contributed by atoms with Gasteiger partial charge in [-0.25, -0.2) is 0 Å². The SMILES string of the molecule is CC(C)N(Cl)Cl. The van der Waals surface area contributed by atoms with Gasteiger partial charge in [-0.15, -0.1) is 3.94 Å². The maximum Gasteiger partial charge on any atom is 0.0359 e. The lowest BCUT2D eigenvalue weighted by Gasteiger charge is -2.04. The Hall–Kier alpha value is 0.540. The van der Waals surface area contributed by atoms with Gasteiger partial charge in [-0.3, -0.25) is 0 Å². The van der Waals surface area contributed by atoms with Gasteiger partial charge in [-0.05, 0) is 37.4 Å². The van der Waals surface area contributed by atoms with Gasteiger partial charge >= 0.3 is 0 Å². The van der Waals surface area contributed by atoms with Crippen molar-refractivity contribution < 1.29 is 0 Å². The van der Waals surface area contributed by atoms with E-state index in [-0.39, 0.29) is 6.04 Å². The van der Waals surface area contributed by atoms with Gasteiger partial charge in [-0.1, -0.05) is 0 Å². The molecule has 0 aromatic rings. The van der Waals surface area contributed by atoms with E-state index in [0.29, 0.717) is 0 Å². The monoisotopic (exact) mass is 127 g/mol. The average Bonchev–Trinajstić information content (AvgIpc) is 1.36. The van der Waals surface area contributed by atoms with Gasteiger partial charge in [0.05, 0.1) is 0 Å². The van der Waals surface area contributed by atoms with Crippen LogP contribution < -0.4 is 0 Å². The molecule has 0 unspecified atom stereocenters. The maximum atomic E-state index is 5.21. The van der Waals surface area contributed by atoms with Crippen LogP contribution in [0.2, 0.25) is 0 Å². The number of halogens is 2. The van der Waals surface area contributed by atoms with E-state index in [0.717, 1.165) is 3.94 Å². The summed E-state index contributed by atoms with van der Waals surface area (Å²) in [4.78, 5) is 0. The van der Waals surface area contributed by atoms with E-state index in [2.05, 4.69) is 0 Å². The summed E-state index contributed by atoms with van der Waals surface area (Å²) in [5, 5.41) is 0. The van der Waals surface area contributed by atoms with Crippen molar-refractivity contribution in [2.24, 2.45) is 0 Å². The zero-order valence-electron chi connectivity index (χ0n) is 3.78. The highest BCUT2D eigenvalue weighted by molar-refractivity contribution is 6.33. The molecule has 0 fully saturated rings. The summed E-state index contributed by atoms with van der Waals surface area (Å²) < 4.78 is 1.11. The smallest absolute Gasteiger partial charge is 0.0359 e. The van der Waals surface area contributed by atoms with Crippen LogP contribution in [0.3, 0.4) is 0 Å².